The van der Waals surface area contributed by atoms with E-state index in [9.17, 15) is 9.90 Å². The predicted molar refractivity (Wildman–Crippen MR) is 85.3 cm³/mol. The van der Waals surface area contributed by atoms with E-state index < -0.39 is 6.09 Å². The molecule has 0 atom stereocenters. The van der Waals surface area contributed by atoms with Crippen molar-refractivity contribution in [3.8, 4) is 0 Å². The lowest BCUT2D eigenvalue weighted by Crippen LogP contribution is -2.29. The average Bonchev–Trinajstić information content (AvgIpc) is 2.52. The zero-order chi connectivity index (χ0) is 15.9. The lowest BCUT2D eigenvalue weighted by atomic mass is 10.0. The summed E-state index contributed by atoms with van der Waals surface area (Å²) in [5.41, 5.74) is 3.04. The van der Waals surface area contributed by atoms with Crippen LogP contribution >= 0.6 is 0 Å². The Morgan fingerprint density at radius 1 is 1.09 bits per heavy atom. The van der Waals surface area contributed by atoms with Crippen molar-refractivity contribution in [2.24, 2.45) is 0 Å². The van der Waals surface area contributed by atoms with Gasteiger partial charge in [0.1, 0.15) is 6.61 Å². The van der Waals surface area contributed by atoms with Crippen LogP contribution in [0.3, 0.4) is 0 Å². The smallest absolute Gasteiger partial charge is 0.431 e. The first-order valence-corrected chi connectivity index (χ1v) is 7.32. The van der Waals surface area contributed by atoms with E-state index in [2.05, 4.69) is 13.8 Å². The molecule has 0 spiro atoms. The monoisotopic (exact) mass is 299 g/mol. The van der Waals surface area contributed by atoms with Crippen molar-refractivity contribution in [2.45, 2.75) is 32.9 Å². The number of rotatable bonds is 6. The first kappa shape index (κ1) is 16.0. The minimum atomic E-state index is -1.09. The molecule has 0 saturated carbocycles. The van der Waals surface area contributed by atoms with Crippen LogP contribution in [-0.4, -0.2) is 16.3 Å². The minimum absolute atomic E-state index is 0.211. The number of amides is 1. The summed E-state index contributed by atoms with van der Waals surface area (Å²) in [6.07, 6.45) is -1.09. The fourth-order valence-electron chi connectivity index (χ4n) is 2.11. The first-order chi connectivity index (χ1) is 10.6. The Balaban J connectivity index is 2.02. The van der Waals surface area contributed by atoms with Crippen LogP contribution in [0.25, 0.3) is 0 Å². The average molecular weight is 299 g/mol. The number of hydrogen-bond donors (Lipinski definition) is 1. The number of benzene rings is 2. The molecule has 2 rings (SSSR count). The van der Waals surface area contributed by atoms with Crippen LogP contribution in [0.4, 0.5) is 4.79 Å². The SMILES string of the molecule is CC(C)c1cccc(CN(OCc2ccccc2)C(=O)O)c1. The Hall–Kier alpha value is -2.33. The molecule has 0 aliphatic rings. The molecule has 1 amide bonds. The summed E-state index contributed by atoms with van der Waals surface area (Å²) in [4.78, 5) is 16.8. The Bertz CT molecular complexity index is 611. The highest BCUT2D eigenvalue weighted by Gasteiger charge is 2.14. The highest BCUT2D eigenvalue weighted by Crippen LogP contribution is 2.17. The molecular formula is C18H21NO3. The van der Waals surface area contributed by atoms with Gasteiger partial charge in [0.25, 0.3) is 0 Å². The summed E-state index contributed by atoms with van der Waals surface area (Å²) in [6.45, 7) is 4.67. The zero-order valence-electron chi connectivity index (χ0n) is 12.9. The number of carbonyl (C=O) groups is 1. The fraction of sp³-hybridized carbons (Fsp3) is 0.278. The normalized spacial score (nSPS) is 10.7. The van der Waals surface area contributed by atoms with Gasteiger partial charge in [-0.1, -0.05) is 68.4 Å². The molecule has 2 aromatic carbocycles. The van der Waals surface area contributed by atoms with E-state index in [0.717, 1.165) is 16.2 Å². The molecule has 2 aromatic rings. The van der Waals surface area contributed by atoms with Crippen molar-refractivity contribution in [1.29, 1.82) is 0 Å². The summed E-state index contributed by atoms with van der Waals surface area (Å²) in [6, 6.07) is 17.4. The van der Waals surface area contributed by atoms with Gasteiger partial charge in [-0.25, -0.2) is 4.79 Å². The molecule has 1 N–H and O–H groups in total. The molecule has 0 unspecified atom stereocenters. The predicted octanol–water partition coefficient (Wildman–Crippen LogP) is 4.42. The second kappa shape index (κ2) is 7.61. The van der Waals surface area contributed by atoms with Gasteiger partial charge >= 0.3 is 6.09 Å². The number of hydrogen-bond acceptors (Lipinski definition) is 2. The summed E-state index contributed by atoms with van der Waals surface area (Å²) < 4.78 is 0. The van der Waals surface area contributed by atoms with Crippen LogP contribution < -0.4 is 0 Å². The van der Waals surface area contributed by atoms with E-state index in [1.807, 2.05) is 54.6 Å². The quantitative estimate of drug-likeness (QED) is 0.803. The third-order valence-electron chi connectivity index (χ3n) is 3.39. The molecule has 0 fully saturated rings. The number of carboxylic acid groups (broad SMARTS) is 1. The van der Waals surface area contributed by atoms with E-state index in [1.54, 1.807) is 0 Å². The van der Waals surface area contributed by atoms with Crippen molar-refractivity contribution in [3.63, 3.8) is 0 Å². The number of nitrogens with zero attached hydrogens (tertiary/aromatic N) is 1. The van der Waals surface area contributed by atoms with Crippen LogP contribution in [0.5, 0.6) is 0 Å². The van der Waals surface area contributed by atoms with Crippen LogP contribution in [0.2, 0.25) is 0 Å². The molecule has 0 radical (unpaired) electrons. The lowest BCUT2D eigenvalue weighted by Gasteiger charge is -2.19. The van der Waals surface area contributed by atoms with Crippen molar-refractivity contribution < 1.29 is 14.7 Å². The third kappa shape index (κ3) is 4.60. The highest BCUT2D eigenvalue weighted by atomic mass is 16.7. The summed E-state index contributed by atoms with van der Waals surface area (Å²) in [5, 5.41) is 10.3. The van der Waals surface area contributed by atoms with Gasteiger partial charge in [0.05, 0.1) is 6.54 Å². The van der Waals surface area contributed by atoms with Crippen LogP contribution in [0.15, 0.2) is 54.6 Å². The van der Waals surface area contributed by atoms with Gasteiger partial charge in [-0.3, -0.25) is 4.84 Å². The van der Waals surface area contributed by atoms with Crippen LogP contribution in [-0.2, 0) is 18.0 Å². The van der Waals surface area contributed by atoms with Gasteiger partial charge in [0.15, 0.2) is 0 Å². The molecule has 4 heteroatoms. The van der Waals surface area contributed by atoms with E-state index in [4.69, 9.17) is 4.84 Å². The molecule has 0 aliphatic carbocycles. The van der Waals surface area contributed by atoms with Crippen molar-refractivity contribution in [2.75, 3.05) is 0 Å². The maximum absolute atomic E-state index is 11.3. The van der Waals surface area contributed by atoms with Crippen molar-refractivity contribution in [3.05, 3.63) is 71.3 Å². The molecule has 0 saturated heterocycles. The van der Waals surface area contributed by atoms with Gasteiger partial charge < -0.3 is 5.11 Å². The third-order valence-corrected chi connectivity index (χ3v) is 3.39. The summed E-state index contributed by atoms with van der Waals surface area (Å²) in [5.74, 6) is 0.406. The second-order valence-corrected chi connectivity index (χ2v) is 5.48. The molecule has 22 heavy (non-hydrogen) atoms. The maximum Gasteiger partial charge on any atom is 0.431 e. The van der Waals surface area contributed by atoms with Crippen LogP contribution in [0, 0.1) is 0 Å². The Labute approximate surface area is 130 Å². The molecule has 0 aromatic heterocycles. The molecule has 116 valence electrons. The van der Waals surface area contributed by atoms with E-state index in [1.165, 1.54) is 5.56 Å². The number of hydroxylamine groups is 2. The molecule has 0 bridgehead atoms. The van der Waals surface area contributed by atoms with Gasteiger partial charge in [-0.2, -0.15) is 5.06 Å². The van der Waals surface area contributed by atoms with E-state index in [-0.39, 0.29) is 13.2 Å². The molecule has 0 heterocycles. The Kier molecular flexibility index (Phi) is 5.55. The Morgan fingerprint density at radius 2 is 1.77 bits per heavy atom. The highest BCUT2D eigenvalue weighted by molar-refractivity contribution is 5.63. The van der Waals surface area contributed by atoms with E-state index in [0.29, 0.717) is 5.92 Å². The zero-order valence-corrected chi connectivity index (χ0v) is 12.9. The first-order valence-electron chi connectivity index (χ1n) is 7.32. The van der Waals surface area contributed by atoms with Gasteiger partial charge in [-0.05, 0) is 22.6 Å². The molecule has 4 nitrogen and oxygen atoms in total. The van der Waals surface area contributed by atoms with Crippen LogP contribution in [0.1, 0.15) is 36.5 Å². The van der Waals surface area contributed by atoms with E-state index >= 15 is 0 Å². The summed E-state index contributed by atoms with van der Waals surface area (Å²) >= 11 is 0. The van der Waals surface area contributed by atoms with Crippen molar-refractivity contribution in [1.82, 2.24) is 5.06 Å². The molecular weight excluding hydrogens is 278 g/mol. The largest absolute Gasteiger partial charge is 0.463 e. The minimum Gasteiger partial charge on any atom is -0.463 e. The maximum atomic E-state index is 11.3. The fourth-order valence-corrected chi connectivity index (χ4v) is 2.11. The lowest BCUT2D eigenvalue weighted by molar-refractivity contribution is -0.147. The second-order valence-electron chi connectivity index (χ2n) is 5.48. The van der Waals surface area contributed by atoms with Crippen molar-refractivity contribution >= 4 is 6.09 Å². The summed E-state index contributed by atoms with van der Waals surface area (Å²) in [7, 11) is 0. The Morgan fingerprint density at radius 3 is 2.41 bits per heavy atom. The van der Waals surface area contributed by atoms with Gasteiger partial charge in [0.2, 0.25) is 0 Å². The molecule has 0 aliphatic heterocycles. The topological polar surface area (TPSA) is 49.8 Å². The standard InChI is InChI=1S/C18H21NO3/c1-14(2)17-10-6-9-16(11-17)12-19(18(20)21)22-13-15-7-4-3-5-8-15/h3-11,14H,12-13H2,1-2H3,(H,20,21). The van der Waals surface area contributed by atoms with Gasteiger partial charge in [-0.15, -0.1) is 0 Å². The van der Waals surface area contributed by atoms with Gasteiger partial charge in [0, 0.05) is 0 Å².